The molecule has 0 amide bonds. The molecule has 8 nitrogen and oxygen atoms in total. The summed E-state index contributed by atoms with van der Waals surface area (Å²) < 4.78 is 37.2. The average Bonchev–Trinajstić information content (AvgIpc) is 3.35. The summed E-state index contributed by atoms with van der Waals surface area (Å²) in [5, 5.41) is 24.6. The number of methoxy groups -OCH3 is 1. The van der Waals surface area contributed by atoms with Crippen LogP contribution in [-0.2, 0) is 30.0 Å². The smallest absolute Gasteiger partial charge is 0.261 e. The maximum Gasteiger partial charge on any atom is 0.261 e. The number of hydrogen-bond acceptors (Lipinski definition) is 8. The fraction of sp³-hybridized carbons (Fsp3) is 0.500. The summed E-state index contributed by atoms with van der Waals surface area (Å²) in [6.45, 7) is 10.9. The van der Waals surface area contributed by atoms with Crippen molar-refractivity contribution < 1.29 is 38.3 Å². The highest BCUT2D eigenvalue weighted by molar-refractivity contribution is 6.99. The van der Waals surface area contributed by atoms with Crippen molar-refractivity contribution in [2.75, 3.05) is 20.3 Å². The van der Waals surface area contributed by atoms with Gasteiger partial charge in [0.2, 0.25) is 0 Å². The Morgan fingerprint density at radius 2 is 1.49 bits per heavy atom. The van der Waals surface area contributed by atoms with E-state index in [0.717, 1.165) is 11.3 Å². The van der Waals surface area contributed by atoms with Crippen LogP contribution in [0.25, 0.3) is 0 Å². The van der Waals surface area contributed by atoms with Crippen molar-refractivity contribution in [1.29, 1.82) is 0 Å². The van der Waals surface area contributed by atoms with Crippen LogP contribution in [0.15, 0.2) is 84.9 Å². The first-order chi connectivity index (χ1) is 21.4. The zero-order valence-corrected chi connectivity index (χ0v) is 28.2. The lowest BCUT2D eigenvalue weighted by atomic mass is 9.93. The van der Waals surface area contributed by atoms with Gasteiger partial charge in [-0.1, -0.05) is 93.6 Å². The van der Waals surface area contributed by atoms with Gasteiger partial charge < -0.3 is 38.3 Å². The van der Waals surface area contributed by atoms with Gasteiger partial charge in [0, 0.05) is 6.42 Å². The van der Waals surface area contributed by atoms with Crippen LogP contribution in [-0.4, -0.2) is 81.3 Å². The fourth-order valence-electron chi connectivity index (χ4n) is 6.64. The molecule has 2 fully saturated rings. The first kappa shape index (κ1) is 33.8. The molecule has 2 heterocycles. The molecule has 3 aromatic carbocycles. The molecule has 5 rings (SSSR count). The van der Waals surface area contributed by atoms with E-state index in [1.54, 1.807) is 7.11 Å². The van der Waals surface area contributed by atoms with Gasteiger partial charge >= 0.3 is 0 Å². The largest absolute Gasteiger partial charge is 0.497 e. The lowest BCUT2D eigenvalue weighted by Crippen LogP contribution is -2.67. The summed E-state index contributed by atoms with van der Waals surface area (Å²) >= 11 is 0. The lowest BCUT2D eigenvalue weighted by Gasteiger charge is -2.45. The SMILES string of the molecule is COc1ccc(COC[C@H](O)[C@@H](O)[C@H]2O[C@H](CO[Si](c3ccccc3)(c3ccccc3)C(C)(C)C)C[C@@H]3OC(C)(C)O[C@H]23)cc1. The summed E-state index contributed by atoms with van der Waals surface area (Å²) in [4.78, 5) is 0. The van der Waals surface area contributed by atoms with Gasteiger partial charge in [0.1, 0.15) is 30.2 Å². The predicted octanol–water partition coefficient (Wildman–Crippen LogP) is 4.19. The Hall–Kier alpha value is -2.60. The maximum absolute atomic E-state index is 11.4. The summed E-state index contributed by atoms with van der Waals surface area (Å²) in [7, 11) is -1.20. The molecule has 2 N–H and O–H groups in total. The lowest BCUT2D eigenvalue weighted by molar-refractivity contribution is -0.205. The minimum absolute atomic E-state index is 0.0715. The van der Waals surface area contributed by atoms with Crippen molar-refractivity contribution in [3.8, 4) is 5.75 Å². The fourth-order valence-corrected chi connectivity index (χ4v) is 11.2. The molecule has 0 aromatic heterocycles. The standard InChI is InChI=1S/C36H48O8Si/c1-35(2,3)45(28-13-9-7-10-14-28,29-15-11-8-12-16-29)41-23-27-21-31-33(44-36(4,5)43-31)34(42-27)32(38)30(37)24-40-22-25-17-19-26(39-6)20-18-25/h7-20,27,30-34,37-38H,21-24H2,1-6H3/t27-,30-,31-,32+,33-,34+/m0/s1. The molecule has 6 atom stereocenters. The van der Waals surface area contributed by atoms with Gasteiger partial charge in [-0.3, -0.25) is 0 Å². The first-order valence-electron chi connectivity index (χ1n) is 15.8. The van der Waals surface area contributed by atoms with Crippen LogP contribution >= 0.6 is 0 Å². The predicted molar refractivity (Wildman–Crippen MR) is 175 cm³/mol. The van der Waals surface area contributed by atoms with E-state index in [-0.39, 0.29) is 24.4 Å². The highest BCUT2D eigenvalue weighted by Gasteiger charge is 2.55. The van der Waals surface area contributed by atoms with Gasteiger partial charge in [-0.2, -0.15) is 0 Å². The van der Waals surface area contributed by atoms with Gasteiger partial charge in [0.05, 0.1) is 39.1 Å². The molecule has 0 unspecified atom stereocenters. The summed E-state index contributed by atoms with van der Waals surface area (Å²) in [5.74, 6) is -0.0892. The van der Waals surface area contributed by atoms with Crippen molar-refractivity contribution >= 4 is 18.7 Å². The van der Waals surface area contributed by atoms with Crippen molar-refractivity contribution in [2.24, 2.45) is 0 Å². The van der Waals surface area contributed by atoms with E-state index in [4.69, 9.17) is 28.1 Å². The third kappa shape index (κ3) is 7.53. The van der Waals surface area contributed by atoms with Gasteiger partial charge in [0.15, 0.2) is 5.79 Å². The molecule has 244 valence electrons. The molecule has 2 saturated heterocycles. The molecule has 0 saturated carbocycles. The van der Waals surface area contributed by atoms with Crippen molar-refractivity contribution in [1.82, 2.24) is 0 Å². The molecule has 2 aliphatic rings. The molecule has 9 heteroatoms. The van der Waals surface area contributed by atoms with Crippen LogP contribution in [0.5, 0.6) is 5.75 Å². The highest BCUT2D eigenvalue weighted by atomic mass is 28.4. The number of aliphatic hydroxyl groups is 2. The molecule has 2 aliphatic heterocycles. The zero-order chi connectivity index (χ0) is 32.2. The molecule has 0 radical (unpaired) electrons. The Morgan fingerprint density at radius 1 is 0.889 bits per heavy atom. The topological polar surface area (TPSA) is 95.8 Å². The highest BCUT2D eigenvalue weighted by Crippen LogP contribution is 2.41. The quantitative estimate of drug-likeness (QED) is 0.286. The normalized spacial score (nSPS) is 24.5. The van der Waals surface area contributed by atoms with Gasteiger partial charge in [-0.05, 0) is 47.0 Å². The first-order valence-corrected chi connectivity index (χ1v) is 17.7. The second kappa shape index (κ2) is 14.0. The minimum Gasteiger partial charge on any atom is -0.497 e. The molecule has 45 heavy (non-hydrogen) atoms. The number of hydrogen-bond donors (Lipinski definition) is 2. The Balaban J connectivity index is 1.33. The Labute approximate surface area is 268 Å². The van der Waals surface area contributed by atoms with Crippen molar-refractivity contribution in [2.45, 2.75) is 95.1 Å². The van der Waals surface area contributed by atoms with Crippen LogP contribution in [0.1, 0.15) is 46.6 Å². The maximum atomic E-state index is 11.4. The number of benzene rings is 3. The summed E-state index contributed by atoms with van der Waals surface area (Å²) in [6.07, 6.45) is -4.02. The molecule has 0 bridgehead atoms. The van der Waals surface area contributed by atoms with Crippen molar-refractivity contribution in [3.63, 3.8) is 0 Å². The van der Waals surface area contributed by atoms with Crippen LogP contribution in [0.4, 0.5) is 0 Å². The number of aliphatic hydroxyl groups excluding tert-OH is 2. The Bertz CT molecular complexity index is 1310. The monoisotopic (exact) mass is 636 g/mol. The third-order valence-corrected chi connectivity index (χ3v) is 13.7. The molecule has 0 spiro atoms. The van der Waals surface area contributed by atoms with Crippen LogP contribution in [0.3, 0.4) is 0 Å². The minimum atomic E-state index is -2.81. The third-order valence-electron chi connectivity index (χ3n) is 8.74. The van der Waals surface area contributed by atoms with Gasteiger partial charge in [-0.25, -0.2) is 0 Å². The van der Waals surface area contributed by atoms with E-state index in [1.807, 2.05) is 50.2 Å². The second-order valence-electron chi connectivity index (χ2n) is 13.5. The van der Waals surface area contributed by atoms with Gasteiger partial charge in [0.25, 0.3) is 8.32 Å². The van der Waals surface area contributed by atoms with Crippen molar-refractivity contribution in [3.05, 3.63) is 90.5 Å². The molecule has 0 aliphatic carbocycles. The van der Waals surface area contributed by atoms with E-state index in [1.165, 1.54) is 10.4 Å². The van der Waals surface area contributed by atoms with Crippen LogP contribution < -0.4 is 15.1 Å². The number of rotatable bonds is 12. The Kier molecular flexibility index (Phi) is 10.5. The average molecular weight is 637 g/mol. The van der Waals surface area contributed by atoms with E-state index >= 15 is 0 Å². The van der Waals surface area contributed by atoms with Crippen LogP contribution in [0.2, 0.25) is 5.04 Å². The number of fused-ring (bicyclic) bond motifs is 1. The molecular formula is C36H48O8Si. The summed E-state index contributed by atoms with van der Waals surface area (Å²) in [5.41, 5.74) is 0.932. The summed E-state index contributed by atoms with van der Waals surface area (Å²) in [6, 6.07) is 28.5. The van der Waals surface area contributed by atoms with Crippen LogP contribution in [0, 0.1) is 0 Å². The second-order valence-corrected chi connectivity index (χ2v) is 17.8. The van der Waals surface area contributed by atoms with E-state index in [0.29, 0.717) is 13.0 Å². The van der Waals surface area contributed by atoms with E-state index in [2.05, 4.69) is 69.3 Å². The number of ether oxygens (including phenoxy) is 5. The molecule has 3 aromatic rings. The molecular weight excluding hydrogens is 588 g/mol. The van der Waals surface area contributed by atoms with Gasteiger partial charge in [-0.15, -0.1) is 0 Å². The Morgan fingerprint density at radius 3 is 2.04 bits per heavy atom. The zero-order valence-electron chi connectivity index (χ0n) is 27.2. The van der Waals surface area contributed by atoms with E-state index < -0.39 is 44.6 Å². The van der Waals surface area contributed by atoms with E-state index in [9.17, 15) is 10.2 Å².